The van der Waals surface area contributed by atoms with Crippen molar-refractivity contribution in [3.05, 3.63) is 152 Å². The van der Waals surface area contributed by atoms with Gasteiger partial charge in [0.2, 0.25) is 0 Å². The number of rotatable bonds is 4. The second kappa shape index (κ2) is 9.83. The average Bonchev–Trinajstić information content (AvgIpc) is 3.80. The van der Waals surface area contributed by atoms with Crippen molar-refractivity contribution in [2.45, 2.75) is 0 Å². The van der Waals surface area contributed by atoms with Crippen molar-refractivity contribution in [3.8, 4) is 11.1 Å². The lowest BCUT2D eigenvalue weighted by Crippen LogP contribution is -2.10. The summed E-state index contributed by atoms with van der Waals surface area (Å²) in [5.41, 5.74) is 9.11. The van der Waals surface area contributed by atoms with E-state index >= 15 is 0 Å². The molecule has 0 radical (unpaired) electrons. The fraction of sp³-hybridized carbons (Fsp3) is 0. The molecular formula is C42H25NO2S. The highest BCUT2D eigenvalue weighted by molar-refractivity contribution is 7.26. The van der Waals surface area contributed by atoms with E-state index in [-0.39, 0.29) is 0 Å². The van der Waals surface area contributed by atoms with Crippen LogP contribution >= 0.6 is 11.3 Å². The quantitative estimate of drug-likeness (QED) is 0.199. The van der Waals surface area contributed by atoms with Crippen LogP contribution in [0.2, 0.25) is 0 Å². The maximum Gasteiger partial charge on any atom is 0.137 e. The first-order chi connectivity index (χ1) is 22.8. The van der Waals surface area contributed by atoms with Crippen molar-refractivity contribution >= 4 is 92.4 Å². The van der Waals surface area contributed by atoms with Gasteiger partial charge in [-0.1, -0.05) is 91.0 Å². The Morgan fingerprint density at radius 3 is 1.63 bits per heavy atom. The Labute approximate surface area is 268 Å². The molecular weight excluding hydrogens is 583 g/mol. The van der Waals surface area contributed by atoms with Crippen LogP contribution < -0.4 is 4.90 Å². The van der Waals surface area contributed by atoms with Gasteiger partial charge in [0.15, 0.2) is 0 Å². The molecule has 0 aliphatic rings. The minimum absolute atomic E-state index is 0.863. The Balaban J connectivity index is 1.27. The monoisotopic (exact) mass is 607 g/mol. The third-order valence-corrected chi connectivity index (χ3v) is 10.3. The van der Waals surface area contributed by atoms with Gasteiger partial charge in [0, 0.05) is 60.5 Å². The molecule has 0 fully saturated rings. The van der Waals surface area contributed by atoms with Gasteiger partial charge in [0.1, 0.15) is 22.3 Å². The van der Waals surface area contributed by atoms with Gasteiger partial charge in [-0.2, -0.15) is 0 Å². The molecule has 0 saturated carbocycles. The molecule has 0 atom stereocenters. The summed E-state index contributed by atoms with van der Waals surface area (Å²) in [7, 11) is 0. The van der Waals surface area contributed by atoms with Gasteiger partial charge in [-0.3, -0.25) is 0 Å². The lowest BCUT2D eigenvalue weighted by atomic mass is 9.98. The molecule has 0 aliphatic heterocycles. The fourth-order valence-corrected chi connectivity index (χ4v) is 8.22. The number of benzene rings is 7. The summed E-state index contributed by atoms with van der Waals surface area (Å²) in [5, 5.41) is 7.00. The van der Waals surface area contributed by atoms with Crippen molar-refractivity contribution in [1.29, 1.82) is 0 Å². The van der Waals surface area contributed by atoms with Gasteiger partial charge in [-0.25, -0.2) is 0 Å². The normalized spacial score (nSPS) is 11.9. The second-order valence-corrected chi connectivity index (χ2v) is 12.7. The lowest BCUT2D eigenvalue weighted by Gasteiger charge is -2.26. The van der Waals surface area contributed by atoms with Crippen molar-refractivity contribution in [1.82, 2.24) is 0 Å². The van der Waals surface area contributed by atoms with E-state index in [4.69, 9.17) is 8.83 Å². The Morgan fingerprint density at radius 2 is 0.978 bits per heavy atom. The van der Waals surface area contributed by atoms with E-state index < -0.39 is 0 Å². The molecule has 0 aliphatic carbocycles. The first-order valence-corrected chi connectivity index (χ1v) is 16.2. The third-order valence-electron chi connectivity index (χ3n) is 9.07. The van der Waals surface area contributed by atoms with Gasteiger partial charge in [-0.15, -0.1) is 11.3 Å². The third kappa shape index (κ3) is 3.77. The smallest absolute Gasteiger partial charge is 0.137 e. The number of fused-ring (bicyclic) bond motifs is 9. The van der Waals surface area contributed by atoms with E-state index in [1.54, 1.807) is 0 Å². The van der Waals surface area contributed by atoms with Crippen LogP contribution in [0.4, 0.5) is 17.1 Å². The maximum absolute atomic E-state index is 6.40. The van der Waals surface area contributed by atoms with E-state index in [1.807, 2.05) is 35.6 Å². The highest BCUT2D eigenvalue weighted by atomic mass is 32.1. The molecule has 10 rings (SSSR count). The molecule has 0 N–H and O–H groups in total. The molecule has 46 heavy (non-hydrogen) atoms. The molecule has 3 heterocycles. The summed E-state index contributed by atoms with van der Waals surface area (Å²) in [5.74, 6) is 0. The van der Waals surface area contributed by atoms with Crippen molar-refractivity contribution in [3.63, 3.8) is 0 Å². The van der Waals surface area contributed by atoms with Crippen molar-refractivity contribution < 1.29 is 8.83 Å². The van der Waals surface area contributed by atoms with Crippen LogP contribution in [0.3, 0.4) is 0 Å². The van der Waals surface area contributed by atoms with E-state index in [1.165, 1.54) is 31.3 Å². The average molecular weight is 608 g/mol. The topological polar surface area (TPSA) is 29.5 Å². The summed E-state index contributed by atoms with van der Waals surface area (Å²) < 4.78 is 15.3. The summed E-state index contributed by atoms with van der Waals surface area (Å²) in [6.07, 6.45) is 0. The van der Waals surface area contributed by atoms with Crippen LogP contribution in [0.25, 0.3) is 75.2 Å². The van der Waals surface area contributed by atoms with Crippen LogP contribution in [0.1, 0.15) is 0 Å². The van der Waals surface area contributed by atoms with E-state index in [0.717, 1.165) is 60.9 Å². The molecule has 3 nitrogen and oxygen atoms in total. The van der Waals surface area contributed by atoms with Crippen LogP contribution in [0, 0.1) is 0 Å². The Bertz CT molecular complexity index is 2650. The first kappa shape index (κ1) is 25.5. The minimum atomic E-state index is 0.863. The van der Waals surface area contributed by atoms with E-state index in [2.05, 4.69) is 132 Å². The highest BCUT2D eigenvalue weighted by Crippen LogP contribution is 2.49. The zero-order valence-corrected chi connectivity index (χ0v) is 25.4. The fourth-order valence-electron chi connectivity index (χ4n) is 6.98. The molecule has 7 aromatic carbocycles. The molecule has 216 valence electrons. The van der Waals surface area contributed by atoms with Crippen LogP contribution in [0.5, 0.6) is 0 Å². The number of nitrogens with zero attached hydrogens (tertiary/aromatic N) is 1. The molecule has 4 heteroatoms. The Morgan fingerprint density at radius 1 is 0.435 bits per heavy atom. The van der Waals surface area contributed by atoms with Crippen molar-refractivity contribution in [2.75, 3.05) is 4.90 Å². The second-order valence-electron chi connectivity index (χ2n) is 11.7. The predicted octanol–water partition coefficient (Wildman–Crippen LogP) is 13.0. The van der Waals surface area contributed by atoms with Crippen LogP contribution in [-0.4, -0.2) is 0 Å². The summed E-state index contributed by atoms with van der Waals surface area (Å²) >= 11 is 1.84. The number of para-hydroxylation sites is 2. The lowest BCUT2D eigenvalue weighted by molar-refractivity contribution is 0.669. The number of hydrogen-bond donors (Lipinski definition) is 0. The van der Waals surface area contributed by atoms with Crippen LogP contribution in [-0.2, 0) is 0 Å². The number of anilines is 3. The minimum Gasteiger partial charge on any atom is -0.456 e. The van der Waals surface area contributed by atoms with Gasteiger partial charge >= 0.3 is 0 Å². The van der Waals surface area contributed by atoms with Gasteiger partial charge in [0.25, 0.3) is 0 Å². The predicted molar refractivity (Wildman–Crippen MR) is 194 cm³/mol. The number of thiophene rings is 1. The summed E-state index contributed by atoms with van der Waals surface area (Å²) in [6.45, 7) is 0. The summed E-state index contributed by atoms with van der Waals surface area (Å²) in [4.78, 5) is 2.35. The highest BCUT2D eigenvalue weighted by Gasteiger charge is 2.22. The van der Waals surface area contributed by atoms with Gasteiger partial charge < -0.3 is 13.7 Å². The molecule has 0 spiro atoms. The molecule has 0 saturated heterocycles. The van der Waals surface area contributed by atoms with Gasteiger partial charge in [-0.05, 0) is 59.7 Å². The SMILES string of the molecule is c1ccc(-c2ccc(N(c3ccc4c(c3)oc3ccccc34)c3ccc4c(c3)oc3ccccc34)c3sc4ccccc4c23)cc1. The zero-order chi connectivity index (χ0) is 30.2. The maximum atomic E-state index is 6.40. The largest absolute Gasteiger partial charge is 0.456 e. The Hall–Kier alpha value is -5.84. The van der Waals surface area contributed by atoms with Gasteiger partial charge in [0.05, 0.1) is 10.4 Å². The van der Waals surface area contributed by atoms with Crippen LogP contribution in [0.15, 0.2) is 160 Å². The number of hydrogen-bond acceptors (Lipinski definition) is 4. The molecule has 0 unspecified atom stereocenters. The molecule has 0 amide bonds. The standard InChI is InChI=1S/C42H25NO2S/c1-2-10-26(11-3-1)29-22-23-35(42-41(29)34-14-6-9-17-40(34)46-42)43(27-18-20-32-30-12-4-7-15-36(30)44-38(32)24-27)28-19-21-33-31-13-5-8-16-37(31)45-39(33)25-28/h1-25H. The summed E-state index contributed by atoms with van der Waals surface area (Å²) in [6, 6.07) is 53.6. The molecule has 3 aromatic heterocycles. The molecule has 0 bridgehead atoms. The van der Waals surface area contributed by atoms with E-state index in [9.17, 15) is 0 Å². The number of furan rings is 2. The zero-order valence-electron chi connectivity index (χ0n) is 24.6. The Kier molecular flexibility index (Phi) is 5.45. The van der Waals surface area contributed by atoms with E-state index in [0.29, 0.717) is 0 Å². The van der Waals surface area contributed by atoms with Crippen molar-refractivity contribution in [2.24, 2.45) is 0 Å². The molecule has 10 aromatic rings. The first-order valence-electron chi connectivity index (χ1n) is 15.4.